The highest BCUT2D eigenvalue weighted by molar-refractivity contribution is 9.10. The molecule has 0 aliphatic heterocycles. The average molecular weight is 403 g/mol. The smallest absolute Gasteiger partial charge is 0.221 e. The molecule has 0 saturated carbocycles. The van der Waals surface area contributed by atoms with Gasteiger partial charge in [-0.25, -0.2) is 0 Å². The summed E-state index contributed by atoms with van der Waals surface area (Å²) in [6.45, 7) is 2.90. The van der Waals surface area contributed by atoms with Gasteiger partial charge in [-0.1, -0.05) is 40.2 Å². The summed E-state index contributed by atoms with van der Waals surface area (Å²) in [7, 11) is 3.78. The summed E-state index contributed by atoms with van der Waals surface area (Å²) in [6, 6.07) is 16.0. The predicted octanol–water partition coefficient (Wildman–Crippen LogP) is 3.61. The molecule has 0 spiro atoms. The molecule has 0 aliphatic rings. The van der Waals surface area contributed by atoms with Gasteiger partial charge in [-0.2, -0.15) is 0 Å². The molecule has 2 N–H and O–H groups in total. The Kier molecular flexibility index (Phi) is 7.01. The van der Waals surface area contributed by atoms with Crippen LogP contribution in [-0.4, -0.2) is 30.9 Å². The molecule has 0 saturated heterocycles. The highest BCUT2D eigenvalue weighted by Gasteiger charge is 2.07. The fourth-order valence-electron chi connectivity index (χ4n) is 2.47. The van der Waals surface area contributed by atoms with Gasteiger partial charge in [0.15, 0.2) is 5.96 Å². The molecule has 0 radical (unpaired) electrons. The second-order valence-corrected chi connectivity index (χ2v) is 6.68. The normalized spacial score (nSPS) is 11.1. The van der Waals surface area contributed by atoms with Crippen LogP contribution in [0.25, 0.3) is 0 Å². The maximum absolute atomic E-state index is 11.2. The lowest BCUT2D eigenvalue weighted by atomic mass is 10.2. The van der Waals surface area contributed by atoms with Crippen molar-refractivity contribution >= 4 is 33.5 Å². The standard InChI is InChI=1S/C19H23BrN4O/c1-14(25)23-18-6-4-5-16(11-18)12-22-19(21-2)24(3)13-15-7-9-17(20)10-8-15/h4-11H,12-13H2,1-3H3,(H,21,22)(H,23,25). The largest absolute Gasteiger partial charge is 0.352 e. The molecular weight excluding hydrogens is 380 g/mol. The van der Waals surface area contributed by atoms with E-state index in [-0.39, 0.29) is 5.91 Å². The first-order chi connectivity index (χ1) is 12.0. The number of hydrogen-bond acceptors (Lipinski definition) is 2. The Labute approximate surface area is 157 Å². The van der Waals surface area contributed by atoms with E-state index in [1.807, 2.05) is 43.4 Å². The molecule has 2 rings (SSSR count). The Hall–Kier alpha value is -2.34. The van der Waals surface area contributed by atoms with Gasteiger partial charge in [-0.15, -0.1) is 0 Å². The minimum Gasteiger partial charge on any atom is -0.352 e. The van der Waals surface area contributed by atoms with Crippen LogP contribution in [0, 0.1) is 0 Å². The van der Waals surface area contributed by atoms with E-state index in [1.54, 1.807) is 7.05 Å². The van der Waals surface area contributed by atoms with Crippen molar-refractivity contribution in [3.05, 3.63) is 64.1 Å². The molecule has 132 valence electrons. The fraction of sp³-hybridized carbons (Fsp3) is 0.263. The second-order valence-electron chi connectivity index (χ2n) is 5.76. The number of carbonyl (C=O) groups is 1. The van der Waals surface area contributed by atoms with Gasteiger partial charge in [-0.05, 0) is 35.4 Å². The third-order valence-corrected chi connectivity index (χ3v) is 4.13. The highest BCUT2D eigenvalue weighted by Crippen LogP contribution is 2.13. The summed E-state index contributed by atoms with van der Waals surface area (Å²) in [5.74, 6) is 0.739. The number of anilines is 1. The summed E-state index contributed by atoms with van der Waals surface area (Å²) in [5, 5.41) is 6.15. The molecule has 0 fully saturated rings. The number of halogens is 1. The molecule has 0 atom stereocenters. The van der Waals surface area contributed by atoms with E-state index in [1.165, 1.54) is 12.5 Å². The zero-order valence-corrected chi connectivity index (χ0v) is 16.3. The van der Waals surface area contributed by atoms with Crippen LogP contribution < -0.4 is 10.6 Å². The van der Waals surface area contributed by atoms with E-state index < -0.39 is 0 Å². The van der Waals surface area contributed by atoms with Gasteiger partial charge in [0.25, 0.3) is 0 Å². The topological polar surface area (TPSA) is 56.7 Å². The molecule has 0 bridgehead atoms. The van der Waals surface area contributed by atoms with Crippen molar-refractivity contribution in [1.82, 2.24) is 10.2 Å². The number of benzene rings is 2. The van der Waals surface area contributed by atoms with E-state index in [2.05, 4.69) is 48.6 Å². The zero-order chi connectivity index (χ0) is 18.2. The van der Waals surface area contributed by atoms with E-state index in [0.29, 0.717) is 6.54 Å². The number of aliphatic imine (C=N–C) groups is 1. The Morgan fingerprint density at radius 2 is 1.88 bits per heavy atom. The molecular formula is C19H23BrN4O. The van der Waals surface area contributed by atoms with E-state index in [0.717, 1.165) is 28.2 Å². The summed E-state index contributed by atoms with van der Waals surface area (Å²) >= 11 is 3.45. The lowest BCUT2D eigenvalue weighted by molar-refractivity contribution is -0.114. The fourth-order valence-corrected chi connectivity index (χ4v) is 2.73. The SMILES string of the molecule is CN=C(NCc1cccc(NC(C)=O)c1)N(C)Cc1ccc(Br)cc1. The van der Waals surface area contributed by atoms with Gasteiger partial charge in [0, 0.05) is 44.3 Å². The molecule has 0 aromatic heterocycles. The Morgan fingerprint density at radius 3 is 2.52 bits per heavy atom. The van der Waals surface area contributed by atoms with E-state index in [9.17, 15) is 4.79 Å². The molecule has 2 aromatic rings. The van der Waals surface area contributed by atoms with Crippen LogP contribution in [0.3, 0.4) is 0 Å². The molecule has 0 unspecified atom stereocenters. The number of nitrogens with one attached hydrogen (secondary N) is 2. The number of hydrogen-bond donors (Lipinski definition) is 2. The second kappa shape index (κ2) is 9.22. The van der Waals surface area contributed by atoms with Crippen molar-refractivity contribution in [3.8, 4) is 0 Å². The minimum absolute atomic E-state index is 0.0739. The van der Waals surface area contributed by atoms with Crippen molar-refractivity contribution in [2.24, 2.45) is 4.99 Å². The summed E-state index contributed by atoms with van der Waals surface area (Å²) in [4.78, 5) is 17.6. The van der Waals surface area contributed by atoms with Gasteiger partial charge in [-0.3, -0.25) is 9.79 Å². The van der Waals surface area contributed by atoms with Crippen LogP contribution in [0.4, 0.5) is 5.69 Å². The molecule has 5 nitrogen and oxygen atoms in total. The van der Waals surface area contributed by atoms with Crippen molar-refractivity contribution in [1.29, 1.82) is 0 Å². The van der Waals surface area contributed by atoms with E-state index >= 15 is 0 Å². The maximum atomic E-state index is 11.2. The first-order valence-corrected chi connectivity index (χ1v) is 8.80. The molecule has 6 heteroatoms. The van der Waals surface area contributed by atoms with Crippen molar-refractivity contribution in [3.63, 3.8) is 0 Å². The Balaban J connectivity index is 1.95. The van der Waals surface area contributed by atoms with Gasteiger partial charge in [0.1, 0.15) is 0 Å². The lowest BCUT2D eigenvalue weighted by Crippen LogP contribution is -2.38. The molecule has 2 aromatic carbocycles. The number of rotatable bonds is 5. The zero-order valence-electron chi connectivity index (χ0n) is 14.7. The molecule has 25 heavy (non-hydrogen) atoms. The molecule has 0 aliphatic carbocycles. The predicted molar refractivity (Wildman–Crippen MR) is 107 cm³/mol. The monoisotopic (exact) mass is 402 g/mol. The van der Waals surface area contributed by atoms with Gasteiger partial charge in [0.05, 0.1) is 0 Å². The quantitative estimate of drug-likeness (QED) is 0.593. The third kappa shape index (κ3) is 6.23. The Morgan fingerprint density at radius 1 is 1.16 bits per heavy atom. The average Bonchev–Trinajstić information content (AvgIpc) is 2.57. The van der Waals surface area contributed by atoms with Crippen molar-refractivity contribution < 1.29 is 4.79 Å². The molecule has 1 amide bonds. The van der Waals surface area contributed by atoms with Crippen molar-refractivity contribution in [2.75, 3.05) is 19.4 Å². The first kappa shape index (κ1) is 19.0. The van der Waals surface area contributed by atoms with Gasteiger partial charge < -0.3 is 15.5 Å². The highest BCUT2D eigenvalue weighted by atomic mass is 79.9. The van der Waals surface area contributed by atoms with Gasteiger partial charge >= 0.3 is 0 Å². The van der Waals surface area contributed by atoms with Gasteiger partial charge in [0.2, 0.25) is 5.91 Å². The number of nitrogens with zero attached hydrogens (tertiary/aromatic N) is 2. The lowest BCUT2D eigenvalue weighted by Gasteiger charge is -2.22. The van der Waals surface area contributed by atoms with Crippen LogP contribution in [0.2, 0.25) is 0 Å². The van der Waals surface area contributed by atoms with Crippen molar-refractivity contribution in [2.45, 2.75) is 20.0 Å². The minimum atomic E-state index is -0.0739. The van der Waals surface area contributed by atoms with Crippen LogP contribution in [0.15, 0.2) is 58.0 Å². The van der Waals surface area contributed by atoms with E-state index in [4.69, 9.17) is 0 Å². The van der Waals surface area contributed by atoms with Crippen LogP contribution in [-0.2, 0) is 17.9 Å². The summed E-state index contributed by atoms with van der Waals surface area (Å²) in [5.41, 5.74) is 3.08. The van der Waals surface area contributed by atoms with Crippen LogP contribution in [0.5, 0.6) is 0 Å². The molecule has 0 heterocycles. The number of amides is 1. The maximum Gasteiger partial charge on any atom is 0.221 e. The number of carbonyl (C=O) groups excluding carboxylic acids is 1. The summed E-state index contributed by atoms with van der Waals surface area (Å²) < 4.78 is 1.07. The third-order valence-electron chi connectivity index (χ3n) is 3.60. The summed E-state index contributed by atoms with van der Waals surface area (Å²) in [6.07, 6.45) is 0. The first-order valence-electron chi connectivity index (χ1n) is 8.00. The van der Waals surface area contributed by atoms with Crippen LogP contribution >= 0.6 is 15.9 Å². The number of guanidine groups is 1. The van der Waals surface area contributed by atoms with Crippen LogP contribution in [0.1, 0.15) is 18.1 Å². The Bertz CT molecular complexity index is 743.